The van der Waals surface area contributed by atoms with Gasteiger partial charge in [0.2, 0.25) is 5.91 Å². The zero-order valence-corrected chi connectivity index (χ0v) is 16.2. The van der Waals surface area contributed by atoms with E-state index in [1.807, 2.05) is 35.2 Å². The van der Waals surface area contributed by atoms with E-state index in [2.05, 4.69) is 11.0 Å². The van der Waals surface area contributed by atoms with Crippen LogP contribution in [0.3, 0.4) is 0 Å². The Morgan fingerprint density at radius 3 is 2.70 bits per heavy atom. The summed E-state index contributed by atoms with van der Waals surface area (Å²) in [7, 11) is 0. The lowest BCUT2D eigenvalue weighted by Crippen LogP contribution is -2.52. The number of likely N-dealkylation sites (tertiary alicyclic amines) is 2. The molecular formula is C22H24ClFN2O. The van der Waals surface area contributed by atoms with Crippen LogP contribution in [0.5, 0.6) is 0 Å². The summed E-state index contributed by atoms with van der Waals surface area (Å²) in [5.74, 6) is 0.0940. The maximum absolute atomic E-state index is 13.4. The van der Waals surface area contributed by atoms with Gasteiger partial charge >= 0.3 is 0 Å². The lowest BCUT2D eigenvalue weighted by atomic mass is 9.86. The molecule has 0 N–H and O–H groups in total. The summed E-state index contributed by atoms with van der Waals surface area (Å²) in [5.41, 5.74) is 2.29. The molecule has 0 aromatic heterocycles. The maximum atomic E-state index is 13.4. The van der Waals surface area contributed by atoms with Crippen molar-refractivity contribution in [2.75, 3.05) is 13.1 Å². The lowest BCUT2D eigenvalue weighted by Gasteiger charge is -2.41. The maximum Gasteiger partial charge on any atom is 0.219 e. The first-order valence-corrected chi connectivity index (χ1v) is 9.92. The van der Waals surface area contributed by atoms with Crippen molar-refractivity contribution in [2.45, 2.75) is 44.3 Å². The number of carbonyl (C=O) groups excluding carboxylic acids is 1. The van der Waals surface area contributed by atoms with Crippen molar-refractivity contribution in [1.82, 2.24) is 9.80 Å². The predicted octanol–water partition coefficient (Wildman–Crippen LogP) is 4.46. The van der Waals surface area contributed by atoms with Gasteiger partial charge in [0.15, 0.2) is 0 Å². The van der Waals surface area contributed by atoms with E-state index in [0.717, 1.165) is 43.1 Å². The van der Waals surface area contributed by atoms with Crippen LogP contribution in [0.4, 0.5) is 4.39 Å². The topological polar surface area (TPSA) is 23.6 Å². The van der Waals surface area contributed by atoms with Gasteiger partial charge in [0.25, 0.3) is 0 Å². The van der Waals surface area contributed by atoms with Crippen LogP contribution in [0.25, 0.3) is 0 Å². The van der Waals surface area contributed by atoms with Crippen LogP contribution in [0, 0.1) is 5.82 Å². The third kappa shape index (κ3) is 3.74. The molecule has 5 heteroatoms. The van der Waals surface area contributed by atoms with Gasteiger partial charge in [-0.05, 0) is 48.2 Å². The molecule has 0 aliphatic carbocycles. The van der Waals surface area contributed by atoms with Crippen LogP contribution in [0.2, 0.25) is 5.02 Å². The van der Waals surface area contributed by atoms with E-state index in [9.17, 15) is 9.18 Å². The van der Waals surface area contributed by atoms with Crippen molar-refractivity contribution < 1.29 is 9.18 Å². The highest BCUT2D eigenvalue weighted by Gasteiger charge is 2.47. The number of carbonyl (C=O) groups is 1. The van der Waals surface area contributed by atoms with Crippen molar-refractivity contribution >= 4 is 17.5 Å². The van der Waals surface area contributed by atoms with Gasteiger partial charge in [-0.25, -0.2) is 4.39 Å². The van der Waals surface area contributed by atoms with Crippen LogP contribution in [0.1, 0.15) is 36.8 Å². The molecule has 0 saturated carbocycles. The number of rotatable bonds is 3. The van der Waals surface area contributed by atoms with Crippen LogP contribution in [-0.4, -0.2) is 40.9 Å². The van der Waals surface area contributed by atoms with Crippen molar-refractivity contribution in [1.29, 1.82) is 0 Å². The van der Waals surface area contributed by atoms with Crippen molar-refractivity contribution in [3.8, 4) is 0 Å². The normalized spacial score (nSPS) is 25.4. The fraction of sp³-hybridized carbons (Fsp3) is 0.409. The van der Waals surface area contributed by atoms with Gasteiger partial charge in [0.05, 0.1) is 6.04 Å². The first-order valence-electron chi connectivity index (χ1n) is 9.54. The number of hydrogen-bond donors (Lipinski definition) is 0. The highest BCUT2D eigenvalue weighted by atomic mass is 35.5. The molecule has 2 saturated heterocycles. The van der Waals surface area contributed by atoms with Crippen LogP contribution >= 0.6 is 11.6 Å². The van der Waals surface area contributed by atoms with Gasteiger partial charge < -0.3 is 4.90 Å². The Bertz CT molecular complexity index is 825. The molecule has 0 bridgehead atoms. The predicted molar refractivity (Wildman–Crippen MR) is 105 cm³/mol. The number of nitrogens with zero attached hydrogens (tertiary/aromatic N) is 2. The quantitative estimate of drug-likeness (QED) is 0.777. The Balaban J connectivity index is 1.66. The number of benzene rings is 2. The minimum absolute atomic E-state index is 0.126. The molecule has 2 aliphatic rings. The van der Waals surface area contributed by atoms with Gasteiger partial charge in [0, 0.05) is 43.5 Å². The minimum atomic E-state index is -0.226. The summed E-state index contributed by atoms with van der Waals surface area (Å²) >= 11 is 6.16. The smallest absolute Gasteiger partial charge is 0.219 e. The Morgan fingerprint density at radius 2 is 2.00 bits per heavy atom. The fourth-order valence-electron chi connectivity index (χ4n) is 4.81. The number of halogens is 2. The molecule has 2 aromatic rings. The fourth-order valence-corrected chi connectivity index (χ4v) is 5.02. The third-order valence-corrected chi connectivity index (χ3v) is 6.18. The first kappa shape index (κ1) is 18.5. The van der Waals surface area contributed by atoms with Gasteiger partial charge in [-0.15, -0.1) is 0 Å². The second-order valence-electron chi connectivity index (χ2n) is 7.63. The highest BCUT2D eigenvalue weighted by Crippen LogP contribution is 2.41. The summed E-state index contributed by atoms with van der Waals surface area (Å²) in [6, 6.07) is 15.2. The number of fused-ring (bicyclic) bond motifs is 1. The average molecular weight is 387 g/mol. The zero-order chi connectivity index (χ0) is 19.0. The number of amides is 1. The summed E-state index contributed by atoms with van der Waals surface area (Å²) in [5, 5.41) is 0.743. The Hall–Kier alpha value is -1.91. The molecule has 0 unspecified atom stereocenters. The van der Waals surface area contributed by atoms with Gasteiger partial charge in [0.1, 0.15) is 5.82 Å². The van der Waals surface area contributed by atoms with Crippen LogP contribution in [0.15, 0.2) is 48.5 Å². The second kappa shape index (κ2) is 7.61. The van der Waals surface area contributed by atoms with E-state index in [0.29, 0.717) is 6.04 Å². The molecule has 0 spiro atoms. The highest BCUT2D eigenvalue weighted by molar-refractivity contribution is 6.30. The summed E-state index contributed by atoms with van der Waals surface area (Å²) in [6.45, 7) is 4.13. The molecule has 27 heavy (non-hydrogen) atoms. The van der Waals surface area contributed by atoms with E-state index < -0.39 is 0 Å². The van der Waals surface area contributed by atoms with E-state index in [-0.39, 0.29) is 23.7 Å². The molecule has 3 nitrogen and oxygen atoms in total. The van der Waals surface area contributed by atoms with Gasteiger partial charge in [-0.3, -0.25) is 9.69 Å². The van der Waals surface area contributed by atoms with E-state index in [4.69, 9.17) is 11.6 Å². The van der Waals surface area contributed by atoms with Crippen molar-refractivity contribution in [3.05, 3.63) is 70.5 Å². The van der Waals surface area contributed by atoms with Crippen LogP contribution < -0.4 is 0 Å². The van der Waals surface area contributed by atoms with Gasteiger partial charge in [-0.1, -0.05) is 35.9 Å². The molecule has 3 atom stereocenters. The monoisotopic (exact) mass is 386 g/mol. The second-order valence-corrected chi connectivity index (χ2v) is 8.07. The van der Waals surface area contributed by atoms with E-state index in [1.54, 1.807) is 6.92 Å². The molecule has 142 valence electrons. The summed E-state index contributed by atoms with van der Waals surface area (Å²) < 4.78 is 13.4. The summed E-state index contributed by atoms with van der Waals surface area (Å²) in [4.78, 5) is 16.8. The van der Waals surface area contributed by atoms with Gasteiger partial charge in [-0.2, -0.15) is 0 Å². The molecule has 2 aromatic carbocycles. The van der Waals surface area contributed by atoms with E-state index >= 15 is 0 Å². The largest absolute Gasteiger partial charge is 0.338 e. The third-order valence-electron chi connectivity index (χ3n) is 5.94. The molecule has 2 fully saturated rings. The Morgan fingerprint density at radius 1 is 1.22 bits per heavy atom. The molecule has 0 radical (unpaired) electrons. The average Bonchev–Trinajstić information content (AvgIpc) is 3.01. The SMILES string of the molecule is CC(=O)N1CCC[C@@H]2[C@H]1[C@@H](c1ccc(F)cc1)CN2Cc1cccc(Cl)c1. The molecule has 2 heterocycles. The number of hydrogen-bond acceptors (Lipinski definition) is 2. The number of piperidine rings is 1. The van der Waals surface area contributed by atoms with E-state index in [1.165, 1.54) is 17.7 Å². The molecular weight excluding hydrogens is 363 g/mol. The Kier molecular flexibility index (Phi) is 5.20. The minimum Gasteiger partial charge on any atom is -0.338 e. The standard InChI is InChI=1S/C22H24ClFN2O/c1-15(27)26-11-3-6-21-22(26)20(17-7-9-19(24)10-8-17)14-25(21)13-16-4-2-5-18(23)12-16/h2,4-5,7-10,12,20-22H,3,6,11,13-14H2,1H3/t20-,21-,22-/m1/s1. The van der Waals surface area contributed by atoms with Crippen LogP contribution in [-0.2, 0) is 11.3 Å². The summed E-state index contributed by atoms with van der Waals surface area (Å²) in [6.07, 6.45) is 2.09. The Labute approximate surface area is 164 Å². The van der Waals surface area contributed by atoms with Crippen molar-refractivity contribution in [2.24, 2.45) is 0 Å². The van der Waals surface area contributed by atoms with Crippen molar-refractivity contribution in [3.63, 3.8) is 0 Å². The zero-order valence-electron chi connectivity index (χ0n) is 15.4. The molecule has 4 rings (SSSR count). The molecule has 1 amide bonds. The lowest BCUT2D eigenvalue weighted by molar-refractivity contribution is -0.133. The first-order chi connectivity index (χ1) is 13.0. The molecule has 2 aliphatic heterocycles.